The van der Waals surface area contributed by atoms with Crippen LogP contribution in [-0.2, 0) is 0 Å². The summed E-state index contributed by atoms with van der Waals surface area (Å²) in [5, 5.41) is 0. The summed E-state index contributed by atoms with van der Waals surface area (Å²) in [7, 11) is 0. The summed E-state index contributed by atoms with van der Waals surface area (Å²) in [5.41, 5.74) is 0. The molecule has 0 aromatic rings. The maximum absolute atomic E-state index is 3.96. The fourth-order valence-corrected chi connectivity index (χ4v) is 0. The van der Waals surface area contributed by atoms with Gasteiger partial charge in [0.05, 0.1) is 0 Å². The zero-order valence-corrected chi connectivity index (χ0v) is 5.76. The van der Waals surface area contributed by atoms with Gasteiger partial charge in [-0.3, -0.25) is 0 Å². The molecule has 0 rings (SSSR count). The van der Waals surface area contributed by atoms with Crippen molar-refractivity contribution in [3.05, 3.63) is 0 Å². The van der Waals surface area contributed by atoms with Crippen molar-refractivity contribution in [2.75, 3.05) is 5.75 Å². The van der Waals surface area contributed by atoms with Gasteiger partial charge in [0.25, 0.3) is 0 Å². The molecule has 0 fully saturated rings. The van der Waals surface area contributed by atoms with E-state index in [-0.39, 0.29) is 0 Å². The third kappa shape index (κ3) is 3.35. The summed E-state index contributed by atoms with van der Waals surface area (Å²) >= 11 is 5.27. The van der Waals surface area contributed by atoms with Crippen LogP contribution < -0.4 is 0 Å². The molecule has 20 valence electrons. The predicted molar refractivity (Wildman–Crippen MR) is 24.4 cm³/mol. The third-order valence-electron chi connectivity index (χ3n) is 0.224. The Morgan fingerprint density at radius 1 is 1.75 bits per heavy atom. The Morgan fingerprint density at radius 3 is 2.00 bits per heavy atom. The molecule has 0 amide bonds. The van der Waals surface area contributed by atoms with Crippen LogP contribution in [0, 0.1) is 0 Å². The number of rotatable bonds is 1. The number of hydrogen-bond acceptors (Lipinski definition) is 1. The van der Waals surface area contributed by atoms with Crippen molar-refractivity contribution in [1.82, 2.24) is 0 Å². The van der Waals surface area contributed by atoms with Gasteiger partial charge in [-0.25, -0.2) is 0 Å². The van der Waals surface area contributed by atoms with Crippen LogP contribution in [0.4, 0.5) is 0 Å². The summed E-state index contributed by atoms with van der Waals surface area (Å²) in [6.07, 6.45) is 0. The van der Waals surface area contributed by atoms with E-state index in [0.29, 0.717) is 0 Å². The van der Waals surface area contributed by atoms with Crippen molar-refractivity contribution in [3.8, 4) is 0 Å². The first-order valence-electron chi connectivity index (χ1n) is 1.52. The Labute approximate surface area is 49.8 Å². The van der Waals surface area contributed by atoms with Crippen molar-refractivity contribution < 1.29 is 0 Å². The van der Waals surface area contributed by atoms with Gasteiger partial charge in [0, 0.05) is 0 Å². The molecule has 0 aliphatic heterocycles. The third-order valence-corrected chi connectivity index (χ3v) is 2.01. The Hall–Kier alpha value is 1.35. The van der Waals surface area contributed by atoms with Crippen LogP contribution in [0.25, 0.3) is 0 Å². The molecule has 4 heavy (non-hydrogen) atoms. The van der Waals surface area contributed by atoms with E-state index >= 15 is 0 Å². The Balaban J connectivity index is 1.97. The van der Waals surface area contributed by atoms with Gasteiger partial charge in [-0.2, -0.15) is 0 Å². The molecule has 2 heteroatoms. The van der Waals surface area contributed by atoms with Crippen LogP contribution in [0.15, 0.2) is 0 Å². The van der Waals surface area contributed by atoms with Gasteiger partial charge in [0.1, 0.15) is 0 Å². The molecule has 0 aromatic heterocycles. The van der Waals surface area contributed by atoms with Crippen LogP contribution in [0.5, 0.6) is 0 Å². The normalized spacial score (nSPS) is 7.75. The van der Waals surface area contributed by atoms with Crippen LogP contribution in [0.2, 0.25) is 3.67 Å². The van der Waals surface area contributed by atoms with Crippen LogP contribution >= 0.6 is 12.6 Å². The first-order valence-corrected chi connectivity index (χ1v) is 3.57. The summed E-state index contributed by atoms with van der Waals surface area (Å²) in [6, 6.07) is 0. The predicted octanol–water partition coefficient (Wildman–Crippen LogP) is 0.503. The van der Waals surface area contributed by atoms with Crippen LogP contribution in [-0.4, -0.2) is 33.7 Å². The maximum atomic E-state index is 3.96. The zero-order valence-electron chi connectivity index (χ0n) is 2.86. The van der Waals surface area contributed by atoms with Crippen molar-refractivity contribution in [2.24, 2.45) is 0 Å². The average molecular weight is 84.1 g/mol. The van der Waals surface area contributed by atoms with Crippen LogP contribution in [0.1, 0.15) is 0 Å². The monoisotopic (exact) mass is 84.0 g/mol. The average Bonchev–Trinajstić information content (AvgIpc) is 1.37. The molecule has 0 saturated carbocycles. The molecular weight excluding hydrogens is 79.1 g/mol. The number of hydrogen-bond donors (Lipinski definition) is 1. The standard InChI is InChI=1S/C2H5S.Na/c1-2-3;/h3H,1-2H2;. The molecule has 0 aromatic carbocycles. The second kappa shape index (κ2) is 4.35. The van der Waals surface area contributed by atoms with E-state index in [4.69, 9.17) is 0 Å². The molecule has 0 spiro atoms. The van der Waals surface area contributed by atoms with Crippen molar-refractivity contribution in [2.45, 2.75) is 3.67 Å². The van der Waals surface area contributed by atoms with E-state index in [2.05, 4.69) is 12.6 Å². The van der Waals surface area contributed by atoms with Gasteiger partial charge in [-0.05, 0) is 0 Å². The fraction of sp³-hybridized carbons (Fsp3) is 1.00. The van der Waals surface area contributed by atoms with Gasteiger partial charge < -0.3 is 0 Å². The molecule has 0 aliphatic rings. The topological polar surface area (TPSA) is 0 Å². The van der Waals surface area contributed by atoms with Gasteiger partial charge in [-0.15, -0.1) is 0 Å². The Kier molecular flexibility index (Phi) is 5.82. The molecule has 0 heterocycles. The molecule has 0 atom stereocenters. The van der Waals surface area contributed by atoms with E-state index in [1.807, 2.05) is 0 Å². The van der Waals surface area contributed by atoms with Crippen molar-refractivity contribution in [3.63, 3.8) is 0 Å². The molecule has 0 saturated heterocycles. The van der Waals surface area contributed by atoms with Gasteiger partial charge >= 0.3 is 50.0 Å². The number of thiol groups is 1. The first-order chi connectivity index (χ1) is 1.91. The summed E-state index contributed by atoms with van der Waals surface area (Å²) in [6.45, 7) is 0. The van der Waals surface area contributed by atoms with E-state index in [1.54, 1.807) is 0 Å². The molecule has 0 aliphatic carbocycles. The van der Waals surface area contributed by atoms with Gasteiger partial charge in [-0.1, -0.05) is 0 Å². The van der Waals surface area contributed by atoms with E-state index < -0.39 is 0 Å². The zero-order chi connectivity index (χ0) is 3.41. The van der Waals surface area contributed by atoms with Crippen molar-refractivity contribution >= 4 is 40.6 Å². The van der Waals surface area contributed by atoms with E-state index in [1.165, 1.54) is 31.6 Å². The molecule has 0 N–H and O–H groups in total. The molecule has 0 bridgehead atoms. The fourth-order valence-electron chi connectivity index (χ4n) is 0. The van der Waals surface area contributed by atoms with Crippen LogP contribution in [0.3, 0.4) is 0 Å². The second-order valence-electron chi connectivity index (χ2n) is 0.724. The Bertz CT molecular complexity index is 8.00. The van der Waals surface area contributed by atoms with E-state index in [9.17, 15) is 0 Å². The quantitative estimate of drug-likeness (QED) is 0.347. The minimum absolute atomic E-state index is 1.08. The summed E-state index contributed by atoms with van der Waals surface area (Å²) in [4.78, 5) is 0. The SMILES string of the molecule is [Na][CH2]CS. The molecule has 0 nitrogen and oxygen atoms in total. The molecule has 0 radical (unpaired) electrons. The van der Waals surface area contributed by atoms with Gasteiger partial charge in [0.15, 0.2) is 0 Å². The molecular formula is C2H5NaS. The van der Waals surface area contributed by atoms with Crippen molar-refractivity contribution in [1.29, 1.82) is 0 Å². The second-order valence-corrected chi connectivity index (χ2v) is 2.17. The first kappa shape index (κ1) is 5.35. The van der Waals surface area contributed by atoms with Gasteiger partial charge in [0.2, 0.25) is 0 Å². The summed E-state index contributed by atoms with van der Waals surface area (Å²) < 4.78 is 1.32. The Morgan fingerprint density at radius 2 is 2.00 bits per heavy atom. The van der Waals surface area contributed by atoms with E-state index in [0.717, 1.165) is 5.75 Å². The summed E-state index contributed by atoms with van der Waals surface area (Å²) in [5.74, 6) is 1.08. The molecule has 0 unspecified atom stereocenters. The minimum atomic E-state index is 1.08.